The molecule has 0 radical (unpaired) electrons. The summed E-state index contributed by atoms with van der Waals surface area (Å²) < 4.78 is 5.02. The number of likely N-dealkylation sites (tertiary alicyclic amines) is 1. The van der Waals surface area contributed by atoms with E-state index in [0.29, 0.717) is 19.7 Å². The SMILES string of the molecule is COCCN(C)CC1CN(C(=O)CO)CC1CO. The van der Waals surface area contributed by atoms with Crippen LogP contribution in [0.5, 0.6) is 0 Å². The Labute approximate surface area is 108 Å². The van der Waals surface area contributed by atoms with Crippen LogP contribution in [0.25, 0.3) is 0 Å². The molecule has 106 valence electrons. The van der Waals surface area contributed by atoms with Crippen LogP contribution < -0.4 is 0 Å². The summed E-state index contributed by atoms with van der Waals surface area (Å²) >= 11 is 0. The third-order valence-electron chi connectivity index (χ3n) is 3.52. The van der Waals surface area contributed by atoms with Crippen molar-refractivity contribution in [3.05, 3.63) is 0 Å². The molecule has 2 N–H and O–H groups in total. The van der Waals surface area contributed by atoms with Crippen molar-refractivity contribution in [3.63, 3.8) is 0 Å². The van der Waals surface area contributed by atoms with E-state index in [4.69, 9.17) is 9.84 Å². The topological polar surface area (TPSA) is 73.2 Å². The quantitative estimate of drug-likeness (QED) is 0.590. The second-order valence-electron chi connectivity index (χ2n) is 4.91. The maximum atomic E-state index is 11.4. The van der Waals surface area contributed by atoms with Gasteiger partial charge in [-0.25, -0.2) is 0 Å². The van der Waals surface area contributed by atoms with Crippen LogP contribution in [-0.4, -0.2) is 86.1 Å². The van der Waals surface area contributed by atoms with E-state index in [9.17, 15) is 9.90 Å². The Morgan fingerprint density at radius 1 is 1.39 bits per heavy atom. The molecule has 0 aromatic rings. The fraction of sp³-hybridized carbons (Fsp3) is 0.917. The van der Waals surface area contributed by atoms with Crippen molar-refractivity contribution < 1.29 is 19.7 Å². The van der Waals surface area contributed by atoms with E-state index in [1.54, 1.807) is 12.0 Å². The molecule has 0 aliphatic carbocycles. The molecule has 1 saturated heterocycles. The van der Waals surface area contributed by atoms with Crippen LogP contribution in [0.2, 0.25) is 0 Å². The molecule has 2 unspecified atom stereocenters. The van der Waals surface area contributed by atoms with Gasteiger partial charge >= 0.3 is 0 Å². The summed E-state index contributed by atoms with van der Waals surface area (Å²) in [5.74, 6) is 0.105. The third-order valence-corrected chi connectivity index (χ3v) is 3.52. The van der Waals surface area contributed by atoms with Crippen LogP contribution in [0.3, 0.4) is 0 Å². The Kier molecular flexibility index (Phi) is 6.56. The highest BCUT2D eigenvalue weighted by Crippen LogP contribution is 2.23. The summed E-state index contributed by atoms with van der Waals surface area (Å²) in [7, 11) is 3.67. The van der Waals surface area contributed by atoms with Gasteiger partial charge in [0.1, 0.15) is 6.61 Å². The van der Waals surface area contributed by atoms with Crippen LogP contribution in [-0.2, 0) is 9.53 Å². The summed E-state index contributed by atoms with van der Waals surface area (Å²) in [6, 6.07) is 0. The van der Waals surface area contributed by atoms with Crippen molar-refractivity contribution >= 4 is 5.91 Å². The Bertz CT molecular complexity index is 262. The molecule has 1 heterocycles. The van der Waals surface area contributed by atoms with Gasteiger partial charge in [-0.15, -0.1) is 0 Å². The molecule has 1 fully saturated rings. The fourth-order valence-electron chi connectivity index (χ4n) is 2.39. The van der Waals surface area contributed by atoms with Gasteiger partial charge in [0.05, 0.1) is 6.61 Å². The number of methoxy groups -OCH3 is 1. The van der Waals surface area contributed by atoms with Gasteiger partial charge in [0.15, 0.2) is 0 Å². The van der Waals surface area contributed by atoms with E-state index in [0.717, 1.165) is 13.1 Å². The maximum Gasteiger partial charge on any atom is 0.248 e. The predicted molar refractivity (Wildman–Crippen MR) is 67.1 cm³/mol. The molecule has 6 heteroatoms. The van der Waals surface area contributed by atoms with Gasteiger partial charge in [0, 0.05) is 45.8 Å². The minimum atomic E-state index is -0.454. The Morgan fingerprint density at radius 2 is 2.06 bits per heavy atom. The molecule has 6 nitrogen and oxygen atoms in total. The largest absolute Gasteiger partial charge is 0.396 e. The number of aliphatic hydroxyl groups is 2. The van der Waals surface area contributed by atoms with E-state index in [-0.39, 0.29) is 24.3 Å². The molecule has 1 aliphatic heterocycles. The highest BCUT2D eigenvalue weighted by Gasteiger charge is 2.34. The van der Waals surface area contributed by atoms with Crippen LogP contribution in [0, 0.1) is 11.8 Å². The van der Waals surface area contributed by atoms with Gasteiger partial charge in [0.25, 0.3) is 0 Å². The molecular weight excluding hydrogens is 236 g/mol. The first-order valence-corrected chi connectivity index (χ1v) is 6.29. The number of carbonyl (C=O) groups excluding carboxylic acids is 1. The zero-order chi connectivity index (χ0) is 13.5. The second-order valence-corrected chi connectivity index (χ2v) is 4.91. The number of hydrogen-bond acceptors (Lipinski definition) is 5. The maximum absolute atomic E-state index is 11.4. The Morgan fingerprint density at radius 3 is 2.61 bits per heavy atom. The highest BCUT2D eigenvalue weighted by molar-refractivity contribution is 5.77. The zero-order valence-electron chi connectivity index (χ0n) is 11.2. The van der Waals surface area contributed by atoms with E-state index in [2.05, 4.69) is 4.90 Å². The van der Waals surface area contributed by atoms with Crippen molar-refractivity contribution in [2.75, 3.05) is 60.2 Å². The summed E-state index contributed by atoms with van der Waals surface area (Å²) in [6.07, 6.45) is 0. The van der Waals surface area contributed by atoms with Crippen LogP contribution in [0.1, 0.15) is 0 Å². The number of nitrogens with zero attached hydrogens (tertiary/aromatic N) is 2. The first-order valence-electron chi connectivity index (χ1n) is 6.29. The van der Waals surface area contributed by atoms with Gasteiger partial charge in [-0.1, -0.05) is 0 Å². The Balaban J connectivity index is 2.46. The van der Waals surface area contributed by atoms with Gasteiger partial charge in [-0.3, -0.25) is 4.79 Å². The summed E-state index contributed by atoms with van der Waals surface area (Å²) in [5, 5.41) is 18.2. The minimum Gasteiger partial charge on any atom is -0.396 e. The molecule has 0 bridgehead atoms. The lowest BCUT2D eigenvalue weighted by atomic mass is 9.96. The van der Waals surface area contributed by atoms with Crippen molar-refractivity contribution in [1.29, 1.82) is 0 Å². The minimum absolute atomic E-state index is 0.0813. The molecule has 0 aromatic heterocycles. The van der Waals surface area contributed by atoms with Crippen LogP contribution >= 0.6 is 0 Å². The number of ether oxygens (including phenoxy) is 1. The van der Waals surface area contributed by atoms with E-state index >= 15 is 0 Å². The molecule has 1 amide bonds. The average molecular weight is 260 g/mol. The molecule has 1 rings (SSSR count). The van der Waals surface area contributed by atoms with Gasteiger partial charge in [-0.05, 0) is 13.0 Å². The molecule has 1 aliphatic rings. The van der Waals surface area contributed by atoms with Crippen molar-refractivity contribution in [1.82, 2.24) is 9.80 Å². The van der Waals surface area contributed by atoms with Crippen LogP contribution in [0.15, 0.2) is 0 Å². The van der Waals surface area contributed by atoms with Gasteiger partial charge in [-0.2, -0.15) is 0 Å². The molecule has 0 aromatic carbocycles. The number of aliphatic hydroxyl groups excluding tert-OH is 2. The van der Waals surface area contributed by atoms with Crippen LogP contribution in [0.4, 0.5) is 0 Å². The smallest absolute Gasteiger partial charge is 0.248 e. The molecule has 2 atom stereocenters. The number of likely N-dealkylation sites (N-methyl/N-ethyl adjacent to an activating group) is 1. The number of amides is 1. The van der Waals surface area contributed by atoms with Crippen molar-refractivity contribution in [2.45, 2.75) is 0 Å². The molecule has 18 heavy (non-hydrogen) atoms. The lowest BCUT2D eigenvalue weighted by molar-refractivity contribution is -0.133. The fourth-order valence-corrected chi connectivity index (χ4v) is 2.39. The number of carbonyl (C=O) groups is 1. The van der Waals surface area contributed by atoms with E-state index in [1.807, 2.05) is 7.05 Å². The van der Waals surface area contributed by atoms with E-state index in [1.165, 1.54) is 0 Å². The lowest BCUT2D eigenvalue weighted by Crippen LogP contribution is -2.34. The molecular formula is C12H24N2O4. The standard InChI is InChI=1S/C12H24N2O4/c1-13(3-4-18-2)5-10-6-14(12(17)9-16)7-11(10)8-15/h10-11,15-16H,3-9H2,1-2H3. The first-order chi connectivity index (χ1) is 8.62. The lowest BCUT2D eigenvalue weighted by Gasteiger charge is -2.23. The Hall–Kier alpha value is -0.690. The summed E-state index contributed by atoms with van der Waals surface area (Å²) in [5.41, 5.74) is 0. The molecule has 0 spiro atoms. The number of rotatable bonds is 7. The molecule has 0 saturated carbocycles. The van der Waals surface area contributed by atoms with Gasteiger partial charge < -0.3 is 24.7 Å². The predicted octanol–water partition coefficient (Wildman–Crippen LogP) is -1.38. The second kappa shape index (κ2) is 7.68. The normalized spacial score (nSPS) is 23.9. The van der Waals surface area contributed by atoms with Crippen molar-refractivity contribution in [3.8, 4) is 0 Å². The number of hydrogen-bond donors (Lipinski definition) is 2. The first kappa shape index (κ1) is 15.4. The third kappa shape index (κ3) is 4.20. The van der Waals surface area contributed by atoms with E-state index < -0.39 is 6.61 Å². The monoisotopic (exact) mass is 260 g/mol. The highest BCUT2D eigenvalue weighted by atomic mass is 16.5. The van der Waals surface area contributed by atoms with Crippen molar-refractivity contribution in [2.24, 2.45) is 11.8 Å². The van der Waals surface area contributed by atoms with Gasteiger partial charge in [0.2, 0.25) is 5.91 Å². The average Bonchev–Trinajstić information content (AvgIpc) is 2.78. The summed E-state index contributed by atoms with van der Waals surface area (Å²) in [4.78, 5) is 15.2. The summed E-state index contributed by atoms with van der Waals surface area (Å²) in [6.45, 7) is 3.11. The zero-order valence-corrected chi connectivity index (χ0v) is 11.2.